The van der Waals surface area contributed by atoms with E-state index in [4.69, 9.17) is 4.74 Å². The van der Waals surface area contributed by atoms with Gasteiger partial charge in [0.2, 0.25) is 0 Å². The van der Waals surface area contributed by atoms with Crippen LogP contribution in [-0.2, 0) is 16.0 Å². The molecule has 1 aliphatic heterocycles. The Morgan fingerprint density at radius 1 is 1.35 bits per heavy atom. The Hall–Kier alpha value is -2.04. The molecule has 2 atom stereocenters. The number of phenols is 1. The second kappa shape index (κ2) is 3.48. The molecule has 0 spiro atoms. The van der Waals surface area contributed by atoms with E-state index in [9.17, 15) is 14.7 Å². The Morgan fingerprint density at radius 3 is 2.88 bits per heavy atom. The van der Waals surface area contributed by atoms with Gasteiger partial charge in [0.25, 0.3) is 5.91 Å². The van der Waals surface area contributed by atoms with Gasteiger partial charge in [-0.05, 0) is 36.1 Å². The summed E-state index contributed by atoms with van der Waals surface area (Å²) in [5.41, 5.74) is 2.00. The van der Waals surface area contributed by atoms with Crippen LogP contribution < -0.4 is 5.32 Å². The van der Waals surface area contributed by atoms with Crippen molar-refractivity contribution in [3.8, 4) is 5.75 Å². The molecule has 1 fully saturated rings. The molecule has 0 radical (unpaired) electrons. The summed E-state index contributed by atoms with van der Waals surface area (Å²) in [7, 11) is 0. The van der Waals surface area contributed by atoms with Gasteiger partial charge in [-0.15, -0.1) is 0 Å². The van der Waals surface area contributed by atoms with Crippen molar-refractivity contribution in [3.05, 3.63) is 29.3 Å². The largest absolute Gasteiger partial charge is 0.508 e. The fraction of sp³-hybridized carbons (Fsp3) is 0.333. The maximum Gasteiger partial charge on any atom is 0.414 e. The number of carbonyl (C=O) groups is 2. The van der Waals surface area contributed by atoms with Crippen molar-refractivity contribution in [3.63, 3.8) is 0 Å². The van der Waals surface area contributed by atoms with Crippen molar-refractivity contribution in [2.75, 3.05) is 0 Å². The van der Waals surface area contributed by atoms with Crippen LogP contribution >= 0.6 is 0 Å². The molecule has 2 aliphatic rings. The molecule has 3 rings (SSSR count). The molecular weight excluding hydrogens is 222 g/mol. The Bertz CT molecular complexity index is 511. The van der Waals surface area contributed by atoms with Gasteiger partial charge >= 0.3 is 6.09 Å². The molecule has 5 heteroatoms. The molecule has 17 heavy (non-hydrogen) atoms. The minimum atomic E-state index is -0.728. The number of amides is 2. The summed E-state index contributed by atoms with van der Waals surface area (Å²) >= 11 is 0. The van der Waals surface area contributed by atoms with E-state index in [-0.39, 0.29) is 17.6 Å². The molecule has 88 valence electrons. The van der Waals surface area contributed by atoms with Crippen LogP contribution in [0.3, 0.4) is 0 Å². The molecule has 0 aromatic heterocycles. The lowest BCUT2D eigenvalue weighted by molar-refractivity contribution is -0.124. The molecule has 1 aromatic rings. The lowest BCUT2D eigenvalue weighted by Crippen LogP contribution is -2.28. The number of cyclic esters (lactones) is 1. The fourth-order valence-corrected chi connectivity index (χ4v) is 2.59. The molecule has 1 aromatic carbocycles. The van der Waals surface area contributed by atoms with Crippen LogP contribution in [0.4, 0.5) is 4.79 Å². The lowest BCUT2D eigenvalue weighted by atomic mass is 9.95. The van der Waals surface area contributed by atoms with E-state index in [1.54, 1.807) is 18.2 Å². The first-order chi connectivity index (χ1) is 8.15. The Morgan fingerprint density at radius 2 is 2.18 bits per heavy atom. The van der Waals surface area contributed by atoms with Gasteiger partial charge in [-0.25, -0.2) is 4.79 Å². The van der Waals surface area contributed by atoms with Gasteiger partial charge in [0.05, 0.1) is 0 Å². The zero-order valence-corrected chi connectivity index (χ0v) is 8.97. The normalized spacial score (nSPS) is 26.6. The predicted octanol–water partition coefficient (Wildman–Crippen LogP) is 1.06. The van der Waals surface area contributed by atoms with Gasteiger partial charge in [-0.2, -0.15) is 0 Å². The van der Waals surface area contributed by atoms with Crippen LogP contribution in [0.2, 0.25) is 0 Å². The summed E-state index contributed by atoms with van der Waals surface area (Å²) in [4.78, 5) is 22.5. The predicted molar refractivity (Wildman–Crippen MR) is 57.6 cm³/mol. The number of imide groups is 1. The minimum Gasteiger partial charge on any atom is -0.508 e. The quantitative estimate of drug-likeness (QED) is 0.760. The fourth-order valence-electron chi connectivity index (χ4n) is 2.59. The van der Waals surface area contributed by atoms with Crippen LogP contribution in [0.15, 0.2) is 18.2 Å². The summed E-state index contributed by atoms with van der Waals surface area (Å²) in [6, 6.07) is 5.08. The lowest BCUT2D eigenvalue weighted by Gasteiger charge is -2.15. The van der Waals surface area contributed by atoms with Crippen LogP contribution in [-0.4, -0.2) is 23.2 Å². The number of hydrogen-bond acceptors (Lipinski definition) is 4. The summed E-state index contributed by atoms with van der Waals surface area (Å²) in [6.45, 7) is 0. The standard InChI is InChI=1S/C12H11NO4/c14-7-2-4-8-6(5-7)1-3-9(8)10-11(15)13-12(16)17-10/h2,4-5,9-10,14H,1,3H2,(H,13,15,16)/t9-,10?/m1/s1. The molecule has 1 unspecified atom stereocenters. The molecule has 0 bridgehead atoms. The van der Waals surface area contributed by atoms with Crippen molar-refractivity contribution >= 4 is 12.0 Å². The SMILES string of the molecule is O=C1NC(=O)C([C@@H]2CCc3cc(O)ccc32)O1. The number of aromatic hydroxyl groups is 1. The van der Waals surface area contributed by atoms with Crippen LogP contribution in [0.1, 0.15) is 23.5 Å². The van der Waals surface area contributed by atoms with Gasteiger partial charge in [0.15, 0.2) is 6.10 Å². The topological polar surface area (TPSA) is 75.6 Å². The highest BCUT2D eigenvalue weighted by Gasteiger charge is 2.42. The highest BCUT2D eigenvalue weighted by molar-refractivity contribution is 6.00. The Kier molecular flexibility index (Phi) is 2.07. The van der Waals surface area contributed by atoms with E-state index in [1.807, 2.05) is 0 Å². The highest BCUT2D eigenvalue weighted by atomic mass is 16.6. The molecule has 1 saturated heterocycles. The summed E-state index contributed by atoms with van der Waals surface area (Å²) < 4.78 is 4.98. The van der Waals surface area contributed by atoms with E-state index >= 15 is 0 Å². The molecule has 2 amide bonds. The first-order valence-corrected chi connectivity index (χ1v) is 5.48. The number of aryl methyl sites for hydroxylation is 1. The molecule has 5 nitrogen and oxygen atoms in total. The number of ether oxygens (including phenoxy) is 1. The average molecular weight is 233 g/mol. The van der Waals surface area contributed by atoms with E-state index in [1.165, 1.54) is 0 Å². The Labute approximate surface area is 97.4 Å². The van der Waals surface area contributed by atoms with Crippen molar-refractivity contribution in [2.45, 2.75) is 24.9 Å². The number of nitrogens with one attached hydrogen (secondary N) is 1. The number of phenolic OH excluding ortho intramolecular Hbond substituents is 1. The van der Waals surface area contributed by atoms with Crippen LogP contribution in [0.25, 0.3) is 0 Å². The third kappa shape index (κ3) is 1.54. The first-order valence-electron chi connectivity index (χ1n) is 5.48. The molecule has 1 heterocycles. The maximum atomic E-state index is 11.5. The van der Waals surface area contributed by atoms with Crippen molar-refractivity contribution < 1.29 is 19.4 Å². The summed E-state index contributed by atoms with van der Waals surface area (Å²) in [5.74, 6) is -0.254. The second-order valence-electron chi connectivity index (χ2n) is 4.34. The van der Waals surface area contributed by atoms with Gasteiger partial charge in [0.1, 0.15) is 5.75 Å². The third-order valence-electron chi connectivity index (χ3n) is 3.33. The number of benzene rings is 1. The molecular formula is C12H11NO4. The van der Waals surface area contributed by atoms with E-state index in [0.29, 0.717) is 0 Å². The van der Waals surface area contributed by atoms with E-state index in [2.05, 4.69) is 5.32 Å². The van der Waals surface area contributed by atoms with Gasteiger partial charge < -0.3 is 9.84 Å². The smallest absolute Gasteiger partial charge is 0.414 e. The zero-order valence-electron chi connectivity index (χ0n) is 8.97. The number of rotatable bonds is 1. The number of fused-ring (bicyclic) bond motifs is 1. The number of carbonyl (C=O) groups excluding carboxylic acids is 2. The zero-order chi connectivity index (χ0) is 12.0. The average Bonchev–Trinajstić information content (AvgIpc) is 2.81. The van der Waals surface area contributed by atoms with E-state index in [0.717, 1.165) is 24.0 Å². The van der Waals surface area contributed by atoms with Gasteiger partial charge in [0, 0.05) is 5.92 Å². The summed E-state index contributed by atoms with van der Waals surface area (Å²) in [5, 5.41) is 11.5. The Balaban J connectivity index is 1.93. The molecule has 0 saturated carbocycles. The van der Waals surface area contributed by atoms with Crippen molar-refractivity contribution in [1.29, 1.82) is 0 Å². The first kappa shape index (κ1) is 10.1. The molecule has 2 N–H and O–H groups in total. The van der Waals surface area contributed by atoms with Crippen molar-refractivity contribution in [2.24, 2.45) is 0 Å². The van der Waals surface area contributed by atoms with Crippen LogP contribution in [0, 0.1) is 0 Å². The van der Waals surface area contributed by atoms with E-state index < -0.39 is 12.2 Å². The minimum absolute atomic E-state index is 0.1000. The second-order valence-corrected chi connectivity index (χ2v) is 4.34. The maximum absolute atomic E-state index is 11.5. The van der Waals surface area contributed by atoms with Gasteiger partial charge in [-0.1, -0.05) is 6.07 Å². The van der Waals surface area contributed by atoms with Crippen LogP contribution in [0.5, 0.6) is 5.75 Å². The highest BCUT2D eigenvalue weighted by Crippen LogP contribution is 2.39. The third-order valence-corrected chi connectivity index (χ3v) is 3.33. The summed E-state index contributed by atoms with van der Waals surface area (Å²) in [6.07, 6.45) is 0.139. The number of hydrogen-bond donors (Lipinski definition) is 2. The number of alkyl carbamates (subject to hydrolysis) is 1. The molecule has 1 aliphatic carbocycles. The van der Waals surface area contributed by atoms with Crippen molar-refractivity contribution in [1.82, 2.24) is 5.32 Å². The monoisotopic (exact) mass is 233 g/mol. The van der Waals surface area contributed by atoms with Gasteiger partial charge in [-0.3, -0.25) is 10.1 Å².